The quantitative estimate of drug-likeness (QED) is 0.789. The first-order valence-corrected chi connectivity index (χ1v) is 6.79. The number of nitrogens with one attached hydrogen (secondary N) is 1. The van der Waals surface area contributed by atoms with E-state index in [2.05, 4.69) is 26.8 Å². The van der Waals surface area contributed by atoms with Crippen molar-refractivity contribution in [3.8, 4) is 0 Å². The molecule has 0 atom stereocenters. The molecule has 2 heterocycles. The minimum Gasteiger partial charge on any atom is -0.396 e. The molecule has 1 aliphatic rings. The van der Waals surface area contributed by atoms with Crippen molar-refractivity contribution in [2.75, 3.05) is 36.5 Å². The van der Waals surface area contributed by atoms with Crippen LogP contribution in [-0.2, 0) is 0 Å². The van der Waals surface area contributed by atoms with E-state index >= 15 is 0 Å². The van der Waals surface area contributed by atoms with Crippen molar-refractivity contribution in [1.82, 2.24) is 9.97 Å². The van der Waals surface area contributed by atoms with Crippen molar-refractivity contribution in [3.05, 3.63) is 24.5 Å². The van der Waals surface area contributed by atoms with E-state index in [0.29, 0.717) is 19.1 Å². The number of aryl methyl sites for hydroxylation is 1. The van der Waals surface area contributed by atoms with Crippen LogP contribution in [0, 0.1) is 12.8 Å². The maximum absolute atomic E-state index is 9.17. The highest BCUT2D eigenvalue weighted by Crippen LogP contribution is 2.23. The first-order valence-electron chi connectivity index (χ1n) is 6.79. The lowest BCUT2D eigenvalue weighted by Gasteiger charge is -2.32. The fourth-order valence-corrected chi connectivity index (χ4v) is 2.33. The smallest absolute Gasteiger partial charge is 0.134 e. The number of nitrogens with zero attached hydrogens (tertiary/aromatic N) is 3. The highest BCUT2D eigenvalue weighted by atomic mass is 16.3. The molecule has 0 aliphatic carbocycles. The lowest BCUT2D eigenvalue weighted by Crippen LogP contribution is -2.35. The standard InChI is InChI=1S/C14H22N4O/c1-3-6-15-13-9-14(17-11(2)16-13)18-7-4-12(10-19)5-8-18/h3,9,12,19H,1,4-8,10H2,2H3,(H,15,16,17). The Morgan fingerprint density at radius 1 is 1.47 bits per heavy atom. The molecule has 1 aromatic heterocycles. The van der Waals surface area contributed by atoms with Crippen LogP contribution in [0.15, 0.2) is 18.7 Å². The van der Waals surface area contributed by atoms with Crippen LogP contribution in [0.2, 0.25) is 0 Å². The number of piperidine rings is 1. The average molecular weight is 262 g/mol. The number of aromatic nitrogens is 2. The summed E-state index contributed by atoms with van der Waals surface area (Å²) in [6, 6.07) is 1.98. The van der Waals surface area contributed by atoms with E-state index < -0.39 is 0 Å². The van der Waals surface area contributed by atoms with Gasteiger partial charge in [-0.15, -0.1) is 6.58 Å². The Labute approximate surface area is 114 Å². The SMILES string of the molecule is C=CCNc1cc(N2CCC(CO)CC2)nc(C)n1. The zero-order valence-corrected chi connectivity index (χ0v) is 11.5. The molecule has 5 heteroatoms. The number of aliphatic hydroxyl groups excluding tert-OH is 1. The fourth-order valence-electron chi connectivity index (χ4n) is 2.33. The van der Waals surface area contributed by atoms with Crippen molar-refractivity contribution in [1.29, 1.82) is 0 Å². The van der Waals surface area contributed by atoms with Crippen LogP contribution in [0.4, 0.5) is 11.6 Å². The number of rotatable bonds is 5. The molecule has 5 nitrogen and oxygen atoms in total. The monoisotopic (exact) mass is 262 g/mol. The van der Waals surface area contributed by atoms with Gasteiger partial charge in [0.25, 0.3) is 0 Å². The minimum absolute atomic E-state index is 0.294. The first kappa shape index (κ1) is 13.8. The molecule has 1 aliphatic heterocycles. The van der Waals surface area contributed by atoms with Crippen LogP contribution >= 0.6 is 0 Å². The summed E-state index contributed by atoms with van der Waals surface area (Å²) in [7, 11) is 0. The van der Waals surface area contributed by atoms with Gasteiger partial charge in [0.15, 0.2) is 0 Å². The molecule has 0 unspecified atom stereocenters. The van der Waals surface area contributed by atoms with Gasteiger partial charge in [-0.05, 0) is 25.7 Å². The minimum atomic E-state index is 0.294. The molecule has 1 fully saturated rings. The van der Waals surface area contributed by atoms with Crippen molar-refractivity contribution in [2.45, 2.75) is 19.8 Å². The number of aliphatic hydroxyl groups is 1. The number of hydrogen-bond acceptors (Lipinski definition) is 5. The second-order valence-corrected chi connectivity index (χ2v) is 4.94. The van der Waals surface area contributed by atoms with E-state index in [1.807, 2.05) is 19.1 Å². The molecular formula is C14H22N4O. The molecule has 2 N–H and O–H groups in total. The molecule has 0 saturated carbocycles. The lowest BCUT2D eigenvalue weighted by atomic mass is 9.98. The van der Waals surface area contributed by atoms with Gasteiger partial charge in [-0.3, -0.25) is 0 Å². The zero-order valence-electron chi connectivity index (χ0n) is 11.5. The third-order valence-corrected chi connectivity index (χ3v) is 3.45. The molecule has 0 bridgehead atoms. The van der Waals surface area contributed by atoms with Crippen molar-refractivity contribution >= 4 is 11.6 Å². The largest absolute Gasteiger partial charge is 0.396 e. The van der Waals surface area contributed by atoms with E-state index in [-0.39, 0.29) is 0 Å². The second-order valence-electron chi connectivity index (χ2n) is 4.94. The summed E-state index contributed by atoms with van der Waals surface area (Å²) in [5, 5.41) is 12.4. The molecule has 0 spiro atoms. The predicted molar refractivity (Wildman–Crippen MR) is 77.5 cm³/mol. The maximum atomic E-state index is 9.17. The summed E-state index contributed by atoms with van der Waals surface area (Å²) in [5.41, 5.74) is 0. The fraction of sp³-hybridized carbons (Fsp3) is 0.571. The van der Waals surface area contributed by atoms with Crippen LogP contribution < -0.4 is 10.2 Å². The van der Waals surface area contributed by atoms with Crippen LogP contribution in [-0.4, -0.2) is 41.3 Å². The van der Waals surface area contributed by atoms with E-state index in [0.717, 1.165) is 43.4 Å². The molecule has 0 aromatic carbocycles. The third-order valence-electron chi connectivity index (χ3n) is 3.45. The molecule has 2 rings (SSSR count). The van der Waals surface area contributed by atoms with Crippen molar-refractivity contribution in [3.63, 3.8) is 0 Å². The number of hydrogen-bond donors (Lipinski definition) is 2. The van der Waals surface area contributed by atoms with E-state index in [9.17, 15) is 0 Å². The summed E-state index contributed by atoms with van der Waals surface area (Å²) in [6.45, 7) is 8.48. The van der Waals surface area contributed by atoms with Gasteiger partial charge in [-0.25, -0.2) is 9.97 Å². The molecule has 104 valence electrons. The van der Waals surface area contributed by atoms with Gasteiger partial charge in [-0.2, -0.15) is 0 Å². The summed E-state index contributed by atoms with van der Waals surface area (Å²) >= 11 is 0. The normalized spacial score (nSPS) is 16.4. The van der Waals surface area contributed by atoms with Gasteiger partial charge in [0.2, 0.25) is 0 Å². The molecular weight excluding hydrogens is 240 g/mol. The Kier molecular flexibility index (Phi) is 4.74. The Bertz CT molecular complexity index is 427. The Hall–Kier alpha value is -1.62. The van der Waals surface area contributed by atoms with Crippen LogP contribution in [0.25, 0.3) is 0 Å². The van der Waals surface area contributed by atoms with Gasteiger partial charge in [0, 0.05) is 32.3 Å². The van der Waals surface area contributed by atoms with Crippen LogP contribution in [0.1, 0.15) is 18.7 Å². The summed E-state index contributed by atoms with van der Waals surface area (Å²) < 4.78 is 0. The molecule has 0 radical (unpaired) electrons. The summed E-state index contributed by atoms with van der Waals surface area (Å²) in [5.74, 6) is 3.02. The molecule has 0 amide bonds. The summed E-state index contributed by atoms with van der Waals surface area (Å²) in [6.07, 6.45) is 3.85. The predicted octanol–water partition coefficient (Wildman–Crippen LogP) is 1.59. The molecule has 19 heavy (non-hydrogen) atoms. The topological polar surface area (TPSA) is 61.3 Å². The Balaban J connectivity index is 2.07. The Morgan fingerprint density at radius 2 is 2.21 bits per heavy atom. The Morgan fingerprint density at radius 3 is 2.84 bits per heavy atom. The lowest BCUT2D eigenvalue weighted by molar-refractivity contribution is 0.203. The van der Waals surface area contributed by atoms with Crippen LogP contribution in [0.3, 0.4) is 0 Å². The maximum Gasteiger partial charge on any atom is 0.134 e. The first-order chi connectivity index (χ1) is 9.22. The molecule has 1 aromatic rings. The van der Waals surface area contributed by atoms with E-state index in [4.69, 9.17) is 5.11 Å². The highest BCUT2D eigenvalue weighted by Gasteiger charge is 2.20. The van der Waals surface area contributed by atoms with Gasteiger partial charge in [-0.1, -0.05) is 6.08 Å². The molecule has 1 saturated heterocycles. The second kappa shape index (κ2) is 6.52. The highest BCUT2D eigenvalue weighted by molar-refractivity contribution is 5.49. The average Bonchev–Trinajstić information content (AvgIpc) is 2.44. The summed E-state index contributed by atoms with van der Waals surface area (Å²) in [4.78, 5) is 11.1. The van der Waals surface area contributed by atoms with Gasteiger partial charge in [0.05, 0.1) is 0 Å². The van der Waals surface area contributed by atoms with E-state index in [1.165, 1.54) is 0 Å². The van der Waals surface area contributed by atoms with Gasteiger partial charge < -0.3 is 15.3 Å². The van der Waals surface area contributed by atoms with E-state index in [1.54, 1.807) is 0 Å². The van der Waals surface area contributed by atoms with Crippen molar-refractivity contribution < 1.29 is 5.11 Å². The number of anilines is 2. The van der Waals surface area contributed by atoms with Crippen molar-refractivity contribution in [2.24, 2.45) is 5.92 Å². The van der Waals surface area contributed by atoms with Gasteiger partial charge >= 0.3 is 0 Å². The zero-order chi connectivity index (χ0) is 13.7. The van der Waals surface area contributed by atoms with Crippen LogP contribution in [0.5, 0.6) is 0 Å². The third kappa shape index (κ3) is 3.67. The van der Waals surface area contributed by atoms with Gasteiger partial charge in [0.1, 0.15) is 17.5 Å².